The average Bonchev–Trinajstić information content (AvgIpc) is 2.01. The second-order valence-corrected chi connectivity index (χ2v) is 4.52. The lowest BCUT2D eigenvalue weighted by Gasteiger charge is -2.13. The minimum Gasteiger partial charge on any atom is -0.871 e. The predicted octanol–water partition coefficient (Wildman–Crippen LogP) is 2.86. The van der Waals surface area contributed by atoms with Gasteiger partial charge in [0.2, 0.25) is 0 Å². The second kappa shape index (κ2) is 3.89. The van der Waals surface area contributed by atoms with Gasteiger partial charge >= 0.3 is 0 Å². The SMILES string of the molecule is O=Cc1c(Br)cc(Br)c([O-])c1Br. The maximum Gasteiger partial charge on any atom is 0.152 e. The summed E-state index contributed by atoms with van der Waals surface area (Å²) in [6, 6.07) is 1.55. The summed E-state index contributed by atoms with van der Waals surface area (Å²) in [5, 5.41) is 11.2. The van der Waals surface area contributed by atoms with Gasteiger partial charge in [-0.05, 0) is 22.0 Å². The van der Waals surface area contributed by atoms with Crippen molar-refractivity contribution in [1.82, 2.24) is 0 Å². The van der Waals surface area contributed by atoms with E-state index in [1.807, 2.05) is 0 Å². The molecule has 0 aliphatic carbocycles. The Hall–Kier alpha value is 0.130. The van der Waals surface area contributed by atoms with Crippen LogP contribution in [0.4, 0.5) is 0 Å². The van der Waals surface area contributed by atoms with Gasteiger partial charge in [-0.15, -0.1) is 0 Å². The first kappa shape index (κ1) is 10.2. The highest BCUT2D eigenvalue weighted by atomic mass is 79.9. The molecule has 0 aliphatic heterocycles. The highest BCUT2D eigenvalue weighted by molar-refractivity contribution is 9.11. The van der Waals surface area contributed by atoms with E-state index in [-0.39, 0.29) is 10.2 Å². The number of hydrogen-bond acceptors (Lipinski definition) is 2. The standard InChI is InChI=1S/C7H3Br3O2/c8-4-1-5(9)7(12)6(10)3(4)2-11/h1-2,12H/p-1. The fourth-order valence-electron chi connectivity index (χ4n) is 0.695. The van der Waals surface area contributed by atoms with E-state index in [0.29, 0.717) is 20.8 Å². The monoisotopic (exact) mass is 355 g/mol. The van der Waals surface area contributed by atoms with Crippen LogP contribution >= 0.6 is 47.8 Å². The maximum absolute atomic E-state index is 11.2. The molecule has 0 atom stereocenters. The maximum atomic E-state index is 11.2. The van der Waals surface area contributed by atoms with Gasteiger partial charge in [0, 0.05) is 19.0 Å². The van der Waals surface area contributed by atoms with E-state index in [1.165, 1.54) is 0 Å². The van der Waals surface area contributed by atoms with Gasteiger partial charge in [-0.3, -0.25) is 4.79 Å². The lowest BCUT2D eigenvalue weighted by atomic mass is 10.2. The van der Waals surface area contributed by atoms with E-state index in [9.17, 15) is 9.90 Å². The van der Waals surface area contributed by atoms with Crippen molar-refractivity contribution in [3.63, 3.8) is 0 Å². The van der Waals surface area contributed by atoms with Gasteiger partial charge in [0.15, 0.2) is 6.29 Å². The lowest BCUT2D eigenvalue weighted by molar-refractivity contribution is -0.270. The normalized spacial score (nSPS) is 9.92. The highest BCUT2D eigenvalue weighted by Crippen LogP contribution is 2.36. The van der Waals surface area contributed by atoms with Gasteiger partial charge in [-0.25, -0.2) is 0 Å². The van der Waals surface area contributed by atoms with Crippen molar-refractivity contribution in [3.8, 4) is 5.75 Å². The van der Waals surface area contributed by atoms with Crippen LogP contribution in [0.25, 0.3) is 0 Å². The van der Waals surface area contributed by atoms with Crippen LogP contribution in [0, 0.1) is 0 Å². The highest BCUT2D eigenvalue weighted by Gasteiger charge is 2.06. The summed E-state index contributed by atoms with van der Waals surface area (Å²) >= 11 is 9.27. The summed E-state index contributed by atoms with van der Waals surface area (Å²) in [6.07, 6.45) is 0.627. The summed E-state index contributed by atoms with van der Waals surface area (Å²) in [6.45, 7) is 0. The lowest BCUT2D eigenvalue weighted by Crippen LogP contribution is -1.96. The quantitative estimate of drug-likeness (QED) is 0.725. The smallest absolute Gasteiger partial charge is 0.152 e. The molecule has 0 aliphatic rings. The molecule has 0 saturated heterocycles. The van der Waals surface area contributed by atoms with Crippen molar-refractivity contribution < 1.29 is 9.90 Å². The minimum atomic E-state index is -0.222. The number of rotatable bonds is 1. The fraction of sp³-hybridized carbons (Fsp3) is 0. The molecule has 12 heavy (non-hydrogen) atoms. The van der Waals surface area contributed by atoms with Gasteiger partial charge in [0.25, 0.3) is 0 Å². The van der Waals surface area contributed by atoms with Gasteiger partial charge in [-0.1, -0.05) is 37.6 Å². The molecule has 64 valence electrons. The van der Waals surface area contributed by atoms with Crippen LogP contribution in [-0.2, 0) is 0 Å². The van der Waals surface area contributed by atoms with Crippen LogP contribution < -0.4 is 5.11 Å². The molecule has 0 amide bonds. The summed E-state index contributed by atoms with van der Waals surface area (Å²) in [4.78, 5) is 10.5. The molecule has 1 aromatic carbocycles. The molecular weight excluding hydrogens is 356 g/mol. The first-order valence-corrected chi connectivity index (χ1v) is 5.25. The molecule has 0 aromatic heterocycles. The van der Waals surface area contributed by atoms with Gasteiger partial charge < -0.3 is 5.11 Å². The second-order valence-electron chi connectivity index (χ2n) is 2.01. The molecule has 0 spiro atoms. The molecule has 2 nitrogen and oxygen atoms in total. The number of halogens is 3. The van der Waals surface area contributed by atoms with Crippen LogP contribution in [0.1, 0.15) is 10.4 Å². The summed E-state index contributed by atoms with van der Waals surface area (Å²) in [5.41, 5.74) is 0.336. The average molecular weight is 358 g/mol. The Morgan fingerprint density at radius 3 is 2.33 bits per heavy atom. The van der Waals surface area contributed by atoms with Crippen LogP contribution in [0.5, 0.6) is 5.75 Å². The zero-order valence-electron chi connectivity index (χ0n) is 5.61. The zero-order valence-corrected chi connectivity index (χ0v) is 10.4. The zero-order chi connectivity index (χ0) is 9.30. The Morgan fingerprint density at radius 2 is 1.83 bits per heavy atom. The third-order valence-corrected chi connectivity index (χ3v) is 3.31. The number of benzene rings is 1. The molecule has 0 heterocycles. The Bertz CT molecular complexity index is 336. The largest absolute Gasteiger partial charge is 0.871 e. The predicted molar refractivity (Wildman–Crippen MR) is 54.4 cm³/mol. The molecule has 5 heteroatoms. The van der Waals surface area contributed by atoms with Crippen LogP contribution in [-0.4, -0.2) is 6.29 Å². The molecule has 0 N–H and O–H groups in total. The number of aldehydes is 1. The summed E-state index contributed by atoms with van der Waals surface area (Å²) in [5.74, 6) is -0.222. The topological polar surface area (TPSA) is 40.1 Å². The van der Waals surface area contributed by atoms with Crippen molar-refractivity contribution in [2.45, 2.75) is 0 Å². The molecule has 0 fully saturated rings. The van der Waals surface area contributed by atoms with E-state index < -0.39 is 0 Å². The Labute approximate surface area is 94.4 Å². The Balaban J connectivity index is 3.51. The van der Waals surface area contributed by atoms with Crippen LogP contribution in [0.2, 0.25) is 0 Å². The van der Waals surface area contributed by atoms with E-state index in [0.717, 1.165) is 0 Å². The van der Waals surface area contributed by atoms with Crippen molar-refractivity contribution in [3.05, 3.63) is 25.0 Å². The van der Waals surface area contributed by atoms with E-state index in [1.54, 1.807) is 6.07 Å². The fourth-order valence-corrected chi connectivity index (χ4v) is 3.00. The van der Waals surface area contributed by atoms with Gasteiger partial charge in [-0.2, -0.15) is 0 Å². The summed E-state index contributed by atoms with van der Waals surface area (Å²) < 4.78 is 1.29. The minimum absolute atomic E-state index is 0.222. The van der Waals surface area contributed by atoms with Crippen molar-refractivity contribution in [2.24, 2.45) is 0 Å². The first-order chi connectivity index (χ1) is 5.57. The van der Waals surface area contributed by atoms with E-state index >= 15 is 0 Å². The molecule has 0 bridgehead atoms. The molecule has 1 rings (SSSR count). The van der Waals surface area contributed by atoms with Crippen molar-refractivity contribution in [1.29, 1.82) is 0 Å². The van der Waals surface area contributed by atoms with E-state index in [2.05, 4.69) is 47.8 Å². The molecule has 0 radical (unpaired) electrons. The van der Waals surface area contributed by atoms with Crippen molar-refractivity contribution in [2.75, 3.05) is 0 Å². The molecule has 0 saturated carbocycles. The Kier molecular flexibility index (Phi) is 3.31. The molecular formula is C7H2Br3O2-. The first-order valence-electron chi connectivity index (χ1n) is 2.87. The van der Waals surface area contributed by atoms with Gasteiger partial charge in [0.05, 0.1) is 0 Å². The molecule has 0 unspecified atom stereocenters. The number of carbonyl (C=O) groups is 1. The van der Waals surface area contributed by atoms with Crippen molar-refractivity contribution >= 4 is 54.1 Å². The van der Waals surface area contributed by atoms with E-state index in [4.69, 9.17) is 0 Å². The number of hydrogen-bond donors (Lipinski definition) is 0. The summed E-state index contributed by atoms with van der Waals surface area (Å²) in [7, 11) is 0. The Morgan fingerprint density at radius 1 is 1.25 bits per heavy atom. The number of carbonyl (C=O) groups excluding carboxylic acids is 1. The molecule has 1 aromatic rings. The third-order valence-electron chi connectivity index (χ3n) is 1.28. The van der Waals surface area contributed by atoms with Crippen LogP contribution in [0.15, 0.2) is 19.5 Å². The van der Waals surface area contributed by atoms with Crippen LogP contribution in [0.3, 0.4) is 0 Å². The third kappa shape index (κ3) is 1.72. The van der Waals surface area contributed by atoms with Gasteiger partial charge in [0.1, 0.15) is 0 Å².